The van der Waals surface area contributed by atoms with Gasteiger partial charge in [0.1, 0.15) is 17.1 Å². The van der Waals surface area contributed by atoms with Crippen LogP contribution in [-0.4, -0.2) is 41.6 Å². The molecule has 3 rings (SSSR count). The maximum atomic E-state index is 12.7. The second-order valence-electron chi connectivity index (χ2n) is 7.07. The summed E-state index contributed by atoms with van der Waals surface area (Å²) in [6.07, 6.45) is 4.03. The van der Waals surface area contributed by atoms with Gasteiger partial charge >= 0.3 is 5.97 Å². The lowest BCUT2D eigenvalue weighted by Gasteiger charge is -2.11. The fraction of sp³-hybridized carbons (Fsp3) is 0.292. The molecule has 7 heteroatoms. The molecule has 31 heavy (non-hydrogen) atoms. The van der Waals surface area contributed by atoms with Crippen molar-refractivity contribution < 1.29 is 23.8 Å². The molecule has 0 amide bonds. The van der Waals surface area contributed by atoms with Crippen molar-refractivity contribution in [3.05, 3.63) is 77.4 Å². The molecule has 0 aliphatic carbocycles. The van der Waals surface area contributed by atoms with Gasteiger partial charge in [-0.2, -0.15) is 0 Å². The average Bonchev–Trinajstić information content (AvgIpc) is 3.07. The number of pyridine rings is 1. The number of benzene rings is 1. The van der Waals surface area contributed by atoms with Crippen LogP contribution in [-0.2, 0) is 16.0 Å². The summed E-state index contributed by atoms with van der Waals surface area (Å²) in [5.74, 6) is -0.0316. The van der Waals surface area contributed by atoms with E-state index < -0.39 is 5.97 Å². The highest BCUT2D eigenvalue weighted by Gasteiger charge is 2.19. The van der Waals surface area contributed by atoms with Crippen LogP contribution in [0, 0.1) is 13.8 Å². The Morgan fingerprint density at radius 2 is 1.87 bits per heavy atom. The van der Waals surface area contributed by atoms with Gasteiger partial charge in [-0.15, -0.1) is 0 Å². The van der Waals surface area contributed by atoms with Crippen LogP contribution in [0.5, 0.6) is 11.5 Å². The molecule has 0 N–H and O–H groups in total. The van der Waals surface area contributed by atoms with Crippen molar-refractivity contribution >= 4 is 11.8 Å². The third-order valence-electron chi connectivity index (χ3n) is 4.91. The number of ketones is 1. The third-order valence-corrected chi connectivity index (χ3v) is 4.91. The molecule has 0 unspecified atom stereocenters. The van der Waals surface area contributed by atoms with Gasteiger partial charge in [-0.1, -0.05) is 12.1 Å². The van der Waals surface area contributed by atoms with Gasteiger partial charge in [0.15, 0.2) is 6.61 Å². The number of aromatic nitrogens is 2. The molecule has 0 bridgehead atoms. The van der Waals surface area contributed by atoms with E-state index >= 15 is 0 Å². The summed E-state index contributed by atoms with van der Waals surface area (Å²) in [7, 11) is 1.67. The molecule has 0 saturated heterocycles. The van der Waals surface area contributed by atoms with E-state index in [9.17, 15) is 9.59 Å². The van der Waals surface area contributed by atoms with Crippen molar-refractivity contribution in [1.82, 2.24) is 9.55 Å². The molecule has 3 aromatic rings. The van der Waals surface area contributed by atoms with Gasteiger partial charge in [0, 0.05) is 43.4 Å². The maximum Gasteiger partial charge on any atom is 0.342 e. The van der Waals surface area contributed by atoms with Crippen molar-refractivity contribution in [2.24, 2.45) is 0 Å². The number of carbonyl (C=O) groups is 2. The summed E-state index contributed by atoms with van der Waals surface area (Å²) in [6, 6.07) is 12.0. The van der Waals surface area contributed by atoms with Gasteiger partial charge in [-0.05, 0) is 50.6 Å². The molecule has 0 fully saturated rings. The molecule has 0 spiro atoms. The number of Topliss-reactive ketones (excluding diaryl/α,β-unsaturated/α-hetero) is 1. The highest BCUT2D eigenvalue weighted by atomic mass is 16.5. The molecule has 1 aromatic carbocycles. The molecule has 0 aliphatic heterocycles. The molecular weight excluding hydrogens is 396 g/mol. The number of hydrogen-bond acceptors (Lipinski definition) is 6. The van der Waals surface area contributed by atoms with Crippen molar-refractivity contribution in [3.8, 4) is 11.5 Å². The molecule has 7 nitrogen and oxygen atoms in total. The van der Waals surface area contributed by atoms with E-state index in [1.807, 2.05) is 19.9 Å². The zero-order chi connectivity index (χ0) is 22.2. The molecule has 0 saturated carbocycles. The number of aryl methyl sites for hydroxylation is 1. The molecule has 0 atom stereocenters. The summed E-state index contributed by atoms with van der Waals surface area (Å²) in [5.41, 5.74) is 2.64. The quantitative estimate of drug-likeness (QED) is 0.274. The number of ether oxygens (including phenoxy) is 3. The lowest BCUT2D eigenvalue weighted by atomic mass is 10.1. The zero-order valence-corrected chi connectivity index (χ0v) is 18.0. The highest BCUT2D eigenvalue weighted by molar-refractivity contribution is 6.01. The SMILES string of the molecule is COCCCn1c(C)cc(C(=O)COC(=O)c2ccccc2Oc2cccnc2)c1C. The lowest BCUT2D eigenvalue weighted by molar-refractivity contribution is 0.0472. The third kappa shape index (κ3) is 5.58. The van der Waals surface area contributed by atoms with E-state index in [2.05, 4.69) is 9.55 Å². The minimum Gasteiger partial charge on any atom is -0.455 e. The fourth-order valence-corrected chi connectivity index (χ4v) is 3.34. The van der Waals surface area contributed by atoms with E-state index in [1.54, 1.807) is 55.9 Å². The number of carbonyl (C=O) groups excluding carboxylic acids is 2. The average molecular weight is 422 g/mol. The first kappa shape index (κ1) is 22.2. The van der Waals surface area contributed by atoms with Crippen LogP contribution in [0.25, 0.3) is 0 Å². The van der Waals surface area contributed by atoms with Crippen LogP contribution in [0.1, 0.15) is 38.5 Å². The van der Waals surface area contributed by atoms with Crippen LogP contribution in [0.15, 0.2) is 54.9 Å². The van der Waals surface area contributed by atoms with Gasteiger partial charge in [-0.3, -0.25) is 9.78 Å². The Hall–Kier alpha value is -3.45. The topological polar surface area (TPSA) is 79.7 Å². The molecule has 2 heterocycles. The summed E-state index contributed by atoms with van der Waals surface area (Å²) >= 11 is 0. The van der Waals surface area contributed by atoms with Crippen LogP contribution in [0.4, 0.5) is 0 Å². The second-order valence-corrected chi connectivity index (χ2v) is 7.07. The minimum atomic E-state index is -0.623. The number of esters is 1. The highest BCUT2D eigenvalue weighted by Crippen LogP contribution is 2.25. The molecule has 0 aliphatic rings. The Kier molecular flexibility index (Phi) is 7.56. The molecular formula is C24H26N2O5. The van der Waals surface area contributed by atoms with Crippen LogP contribution in [0.3, 0.4) is 0 Å². The number of hydrogen-bond donors (Lipinski definition) is 0. The number of rotatable bonds is 10. The second kappa shape index (κ2) is 10.5. The number of methoxy groups -OCH3 is 1. The first-order valence-corrected chi connectivity index (χ1v) is 10.0. The van der Waals surface area contributed by atoms with E-state index in [1.165, 1.54) is 0 Å². The van der Waals surface area contributed by atoms with Crippen molar-refractivity contribution in [2.45, 2.75) is 26.8 Å². The van der Waals surface area contributed by atoms with Gasteiger partial charge in [0.05, 0.1) is 6.20 Å². The molecule has 0 radical (unpaired) electrons. The Labute approximate surface area is 181 Å². The van der Waals surface area contributed by atoms with Crippen molar-refractivity contribution in [3.63, 3.8) is 0 Å². The van der Waals surface area contributed by atoms with Gasteiger partial charge in [-0.25, -0.2) is 4.79 Å². The Morgan fingerprint density at radius 1 is 1.06 bits per heavy atom. The van der Waals surface area contributed by atoms with Gasteiger partial charge in [0.2, 0.25) is 5.78 Å². The van der Waals surface area contributed by atoms with Crippen LogP contribution in [0.2, 0.25) is 0 Å². The first-order chi connectivity index (χ1) is 15.0. The summed E-state index contributed by atoms with van der Waals surface area (Å²) in [5, 5.41) is 0. The normalized spacial score (nSPS) is 10.7. The van der Waals surface area contributed by atoms with Crippen LogP contribution >= 0.6 is 0 Å². The lowest BCUT2D eigenvalue weighted by Crippen LogP contribution is -2.15. The Balaban J connectivity index is 1.66. The van der Waals surface area contributed by atoms with Crippen LogP contribution < -0.4 is 4.74 Å². The summed E-state index contributed by atoms with van der Waals surface area (Å²) < 4.78 is 18.2. The molecule has 162 valence electrons. The zero-order valence-electron chi connectivity index (χ0n) is 18.0. The largest absolute Gasteiger partial charge is 0.455 e. The van der Waals surface area contributed by atoms with Crippen molar-refractivity contribution in [1.29, 1.82) is 0 Å². The number of para-hydroxylation sites is 1. The Morgan fingerprint density at radius 3 is 2.61 bits per heavy atom. The van der Waals surface area contributed by atoms with E-state index in [4.69, 9.17) is 14.2 Å². The summed E-state index contributed by atoms with van der Waals surface area (Å²) in [4.78, 5) is 29.3. The standard InChI is InChI=1S/C24H26N2O5/c1-17-14-21(18(2)26(17)12-7-13-29-3)22(27)16-30-24(28)20-9-4-5-10-23(20)31-19-8-6-11-25-15-19/h4-6,8-11,14-15H,7,12-13,16H2,1-3H3. The van der Waals surface area contributed by atoms with E-state index in [-0.39, 0.29) is 18.0 Å². The molecule has 2 aromatic heterocycles. The Bertz CT molecular complexity index is 1040. The van der Waals surface area contributed by atoms with Gasteiger partial charge in [0.25, 0.3) is 0 Å². The maximum absolute atomic E-state index is 12.7. The van der Waals surface area contributed by atoms with Gasteiger partial charge < -0.3 is 18.8 Å². The predicted octanol–water partition coefficient (Wildman–Crippen LogP) is 4.37. The minimum absolute atomic E-state index is 0.240. The van der Waals surface area contributed by atoms with Crippen molar-refractivity contribution in [2.75, 3.05) is 20.3 Å². The fourth-order valence-electron chi connectivity index (χ4n) is 3.34. The number of nitrogens with zero attached hydrogens (tertiary/aromatic N) is 2. The van der Waals surface area contributed by atoms with E-state index in [0.29, 0.717) is 23.7 Å². The summed E-state index contributed by atoms with van der Waals surface area (Å²) in [6.45, 7) is 4.92. The first-order valence-electron chi connectivity index (χ1n) is 10.0. The smallest absolute Gasteiger partial charge is 0.342 e. The monoisotopic (exact) mass is 422 g/mol. The predicted molar refractivity (Wildman–Crippen MR) is 116 cm³/mol. The van der Waals surface area contributed by atoms with E-state index in [0.717, 1.165) is 24.4 Å².